The van der Waals surface area contributed by atoms with Crippen molar-refractivity contribution in [1.29, 1.82) is 0 Å². The smallest absolute Gasteiger partial charge is 0.344 e. The predicted molar refractivity (Wildman–Crippen MR) is 105 cm³/mol. The summed E-state index contributed by atoms with van der Waals surface area (Å²) in [6.07, 6.45) is -3.89. The zero-order valence-corrected chi connectivity index (χ0v) is 18.5. The van der Waals surface area contributed by atoms with E-state index in [1.54, 1.807) is 4.90 Å². The summed E-state index contributed by atoms with van der Waals surface area (Å²) < 4.78 is 58.4. The van der Waals surface area contributed by atoms with Crippen LogP contribution in [0, 0.1) is 0 Å². The Morgan fingerprint density at radius 2 is 1.81 bits per heavy atom. The third-order valence-corrected chi connectivity index (χ3v) is 4.09. The number of urea groups is 1. The van der Waals surface area contributed by atoms with E-state index in [0.717, 1.165) is 24.6 Å². The van der Waals surface area contributed by atoms with Gasteiger partial charge in [-0.2, -0.15) is 13.2 Å². The van der Waals surface area contributed by atoms with Gasteiger partial charge in [-0.15, -0.1) is 0 Å². The Kier molecular flexibility index (Phi) is 10.1. The number of fused-ring (bicyclic) bond motifs is 1. The third kappa shape index (κ3) is 8.46. The maximum atomic E-state index is 11.9. The van der Waals surface area contributed by atoms with Crippen LogP contribution in [-0.4, -0.2) is 52.9 Å². The SMILES string of the molecule is CC.CC(=O)NNC(=O)N1CCC2OC(C)(C)OC2C1.FOc1cccc(C(F)(F)F)n1. The molecule has 9 nitrogen and oxygen atoms in total. The fourth-order valence-corrected chi connectivity index (χ4v) is 2.92. The molecule has 2 aliphatic heterocycles. The Bertz CT molecular complexity index is 763. The minimum absolute atomic E-state index is 0.0461. The van der Waals surface area contributed by atoms with E-state index in [-0.39, 0.29) is 24.1 Å². The molecule has 13 heteroatoms. The normalized spacial score (nSPS) is 21.1. The van der Waals surface area contributed by atoms with Crippen LogP contribution >= 0.6 is 0 Å². The number of hydrazine groups is 1. The van der Waals surface area contributed by atoms with Crippen molar-refractivity contribution in [3.05, 3.63) is 23.9 Å². The highest BCUT2D eigenvalue weighted by atomic mass is 19.4. The number of alkyl halides is 3. The number of aromatic nitrogens is 1. The van der Waals surface area contributed by atoms with E-state index in [2.05, 4.69) is 20.8 Å². The van der Waals surface area contributed by atoms with Crippen LogP contribution in [0.1, 0.15) is 46.7 Å². The van der Waals surface area contributed by atoms with Crippen molar-refractivity contribution >= 4 is 11.9 Å². The molecule has 3 heterocycles. The fourth-order valence-electron chi connectivity index (χ4n) is 2.92. The average molecular weight is 468 g/mol. The maximum Gasteiger partial charge on any atom is 0.433 e. The van der Waals surface area contributed by atoms with Gasteiger partial charge in [0.05, 0.1) is 12.6 Å². The summed E-state index contributed by atoms with van der Waals surface area (Å²) in [7, 11) is 0. The molecule has 3 amide bonds. The summed E-state index contributed by atoms with van der Waals surface area (Å²) in [5.41, 5.74) is 3.43. The number of amides is 3. The number of rotatable bonds is 1. The predicted octanol–water partition coefficient (Wildman–Crippen LogP) is 3.36. The number of hydrogen-bond donors (Lipinski definition) is 2. The molecule has 0 bridgehead atoms. The van der Waals surface area contributed by atoms with E-state index in [1.165, 1.54) is 6.92 Å². The standard InChI is InChI=1S/C11H19N3O4.C6H3F4NO.C2H6/c1-7(15)12-13-10(16)14-5-4-8-9(6-14)18-11(2,3)17-8;7-6(8,9)4-2-1-3-5(11-4)12-10;1-2/h8-9H,4-6H2,1-3H3,(H,12,15)(H,13,16);1-3H;1-2H3. The number of piperidine rings is 1. The van der Waals surface area contributed by atoms with Gasteiger partial charge in [-0.3, -0.25) is 15.2 Å². The Morgan fingerprint density at radius 3 is 2.38 bits per heavy atom. The molecule has 2 fully saturated rings. The molecule has 1 aromatic rings. The number of carbonyl (C=O) groups is 2. The lowest BCUT2D eigenvalue weighted by Gasteiger charge is -2.32. The van der Waals surface area contributed by atoms with Crippen molar-refractivity contribution in [2.75, 3.05) is 13.1 Å². The van der Waals surface area contributed by atoms with Crippen molar-refractivity contribution in [2.24, 2.45) is 0 Å². The van der Waals surface area contributed by atoms with Gasteiger partial charge in [-0.05, 0) is 26.3 Å². The van der Waals surface area contributed by atoms with Gasteiger partial charge < -0.3 is 14.4 Å². The topological polar surface area (TPSA) is 102 Å². The van der Waals surface area contributed by atoms with Gasteiger partial charge in [0.1, 0.15) is 11.8 Å². The van der Waals surface area contributed by atoms with Crippen molar-refractivity contribution in [2.45, 2.75) is 65.2 Å². The van der Waals surface area contributed by atoms with Crippen LogP contribution in [0.2, 0.25) is 0 Å². The zero-order valence-electron chi connectivity index (χ0n) is 18.5. The highest BCUT2D eigenvalue weighted by Crippen LogP contribution is 2.33. The molecule has 182 valence electrons. The lowest BCUT2D eigenvalue weighted by atomic mass is 10.1. The first-order valence-electron chi connectivity index (χ1n) is 9.91. The number of nitrogens with one attached hydrogen (secondary N) is 2. The highest BCUT2D eigenvalue weighted by Gasteiger charge is 2.44. The van der Waals surface area contributed by atoms with E-state index in [0.29, 0.717) is 13.1 Å². The summed E-state index contributed by atoms with van der Waals surface area (Å²) in [6.45, 7) is 10.1. The molecule has 0 saturated carbocycles. The van der Waals surface area contributed by atoms with Crippen LogP contribution in [0.25, 0.3) is 0 Å². The third-order valence-electron chi connectivity index (χ3n) is 4.09. The maximum absolute atomic E-state index is 11.9. The zero-order chi connectivity index (χ0) is 24.5. The molecule has 32 heavy (non-hydrogen) atoms. The Labute approximate surface area is 183 Å². The number of ether oxygens (including phenoxy) is 2. The molecule has 2 atom stereocenters. The minimum atomic E-state index is -4.57. The summed E-state index contributed by atoms with van der Waals surface area (Å²) >= 11 is 0. The minimum Gasteiger partial charge on any atom is -0.344 e. The molecule has 0 radical (unpaired) electrons. The first kappa shape index (κ1) is 27.4. The number of halogens is 4. The molecule has 2 saturated heterocycles. The van der Waals surface area contributed by atoms with Crippen molar-refractivity contribution < 1.29 is 41.7 Å². The number of hydrogen-bond acceptors (Lipinski definition) is 6. The quantitative estimate of drug-likeness (QED) is 0.484. The van der Waals surface area contributed by atoms with Gasteiger partial charge in [0.2, 0.25) is 5.91 Å². The molecule has 2 aliphatic rings. The Morgan fingerprint density at radius 1 is 1.19 bits per heavy atom. The Balaban J connectivity index is 0.000000318. The summed E-state index contributed by atoms with van der Waals surface area (Å²) in [5.74, 6) is -1.59. The van der Waals surface area contributed by atoms with Crippen LogP contribution in [0.3, 0.4) is 0 Å². The fraction of sp³-hybridized carbons (Fsp3) is 0.632. The van der Waals surface area contributed by atoms with Gasteiger partial charge in [-0.1, -0.05) is 19.9 Å². The van der Waals surface area contributed by atoms with Gasteiger partial charge in [0.15, 0.2) is 5.79 Å². The van der Waals surface area contributed by atoms with Gasteiger partial charge in [0.25, 0.3) is 5.88 Å². The summed E-state index contributed by atoms with van der Waals surface area (Å²) in [6, 6.07) is 2.39. The highest BCUT2D eigenvalue weighted by molar-refractivity contribution is 5.79. The van der Waals surface area contributed by atoms with E-state index in [1.807, 2.05) is 27.7 Å². The first-order chi connectivity index (χ1) is 14.9. The van der Waals surface area contributed by atoms with Crippen molar-refractivity contribution in [3.63, 3.8) is 0 Å². The van der Waals surface area contributed by atoms with Crippen LogP contribution < -0.4 is 15.8 Å². The molecule has 0 spiro atoms. The molecule has 2 unspecified atom stereocenters. The Hall–Kier alpha value is -2.67. The largest absolute Gasteiger partial charge is 0.433 e. The lowest BCUT2D eigenvalue weighted by Crippen LogP contribution is -2.54. The lowest BCUT2D eigenvalue weighted by molar-refractivity contribution is -0.145. The second-order valence-corrected chi connectivity index (χ2v) is 6.99. The number of pyridine rings is 1. The van der Waals surface area contributed by atoms with Crippen LogP contribution in [-0.2, 0) is 20.4 Å². The summed E-state index contributed by atoms with van der Waals surface area (Å²) in [4.78, 5) is 30.0. The average Bonchev–Trinajstić information content (AvgIpc) is 3.06. The van der Waals surface area contributed by atoms with Crippen molar-refractivity contribution in [3.8, 4) is 5.88 Å². The molecule has 0 aliphatic carbocycles. The number of likely N-dealkylation sites (tertiary alicyclic amines) is 1. The number of nitrogens with zero attached hydrogens (tertiary/aromatic N) is 2. The van der Waals surface area contributed by atoms with E-state index in [9.17, 15) is 27.3 Å². The molecular weight excluding hydrogens is 440 g/mol. The van der Waals surface area contributed by atoms with Crippen LogP contribution in [0.4, 0.5) is 22.5 Å². The van der Waals surface area contributed by atoms with Gasteiger partial charge in [0, 0.05) is 24.1 Å². The van der Waals surface area contributed by atoms with Crippen LogP contribution in [0.5, 0.6) is 5.88 Å². The second-order valence-electron chi connectivity index (χ2n) is 6.99. The molecular formula is C19H28F4N4O5. The van der Waals surface area contributed by atoms with E-state index < -0.39 is 23.5 Å². The molecule has 1 aromatic heterocycles. The molecule has 0 aromatic carbocycles. The first-order valence-corrected chi connectivity index (χ1v) is 9.91. The van der Waals surface area contributed by atoms with Crippen molar-refractivity contribution in [1.82, 2.24) is 20.7 Å². The van der Waals surface area contributed by atoms with Gasteiger partial charge >= 0.3 is 12.2 Å². The molecule has 2 N–H and O–H groups in total. The summed E-state index contributed by atoms with van der Waals surface area (Å²) in [5, 5.41) is 0. The monoisotopic (exact) mass is 468 g/mol. The van der Waals surface area contributed by atoms with E-state index >= 15 is 0 Å². The molecule has 3 rings (SSSR count). The van der Waals surface area contributed by atoms with Gasteiger partial charge in [-0.25, -0.2) is 15.2 Å². The number of carbonyl (C=O) groups excluding carboxylic acids is 2. The van der Waals surface area contributed by atoms with E-state index in [4.69, 9.17) is 9.47 Å². The second kappa shape index (κ2) is 11.8. The van der Waals surface area contributed by atoms with Crippen LogP contribution in [0.15, 0.2) is 18.2 Å².